The molecule has 1 aromatic carbocycles. The molecule has 0 heterocycles. The Balaban J connectivity index is 0.00000106. The molecule has 0 fully saturated rings. The number of anilines is 1. The summed E-state index contributed by atoms with van der Waals surface area (Å²) >= 11 is 0. The summed E-state index contributed by atoms with van der Waals surface area (Å²) in [5.74, 6) is 0. The lowest BCUT2D eigenvalue weighted by molar-refractivity contribution is 0.356. The molecule has 0 unspecified atom stereocenters. The van der Waals surface area contributed by atoms with Gasteiger partial charge in [0.1, 0.15) is 0 Å². The van der Waals surface area contributed by atoms with Gasteiger partial charge in [0.15, 0.2) is 0 Å². The summed E-state index contributed by atoms with van der Waals surface area (Å²) in [6.07, 6.45) is 0. The molecule has 2 heteroatoms. The topological polar surface area (TPSA) is 6.48 Å². The third-order valence-electron chi connectivity index (χ3n) is 2.47. The number of rotatable bonds is 4. The molecule has 92 valence electrons. The Kier molecular flexibility index (Phi) is 7.65. The Morgan fingerprint density at radius 2 is 1.50 bits per heavy atom. The van der Waals surface area contributed by atoms with Crippen LogP contribution in [0.15, 0.2) is 24.3 Å². The average molecular weight is 222 g/mol. The van der Waals surface area contributed by atoms with Gasteiger partial charge in [0.25, 0.3) is 0 Å². The molecule has 0 aromatic heterocycles. The van der Waals surface area contributed by atoms with Gasteiger partial charge in [-0.1, -0.05) is 38.5 Å². The summed E-state index contributed by atoms with van der Waals surface area (Å²) in [6, 6.07) is 8.63. The zero-order chi connectivity index (χ0) is 12.6. The summed E-state index contributed by atoms with van der Waals surface area (Å²) < 4.78 is 0. The second kappa shape index (κ2) is 8.17. The van der Waals surface area contributed by atoms with Gasteiger partial charge >= 0.3 is 0 Å². The molecule has 0 N–H and O–H groups in total. The van der Waals surface area contributed by atoms with Gasteiger partial charge in [0, 0.05) is 12.7 Å². The van der Waals surface area contributed by atoms with Crippen LogP contribution in [0.25, 0.3) is 0 Å². The fraction of sp³-hybridized carbons (Fsp3) is 0.571. The lowest BCUT2D eigenvalue weighted by Crippen LogP contribution is -2.32. The fourth-order valence-electron chi connectivity index (χ4n) is 1.34. The maximum absolute atomic E-state index is 2.28. The largest absolute Gasteiger partial charge is 0.362 e. The highest BCUT2D eigenvalue weighted by molar-refractivity contribution is 5.46. The normalized spacial score (nSPS) is 9.69. The van der Waals surface area contributed by atoms with Crippen molar-refractivity contribution in [3.05, 3.63) is 29.8 Å². The molecule has 0 aliphatic carbocycles. The van der Waals surface area contributed by atoms with Crippen molar-refractivity contribution in [2.75, 3.05) is 32.2 Å². The second-order valence-electron chi connectivity index (χ2n) is 3.85. The number of hydrogen-bond donors (Lipinski definition) is 0. The minimum atomic E-state index is 0.972. The Bertz CT molecular complexity index is 267. The summed E-state index contributed by atoms with van der Waals surface area (Å²) in [5, 5.41) is 0. The van der Waals surface area contributed by atoms with Crippen molar-refractivity contribution < 1.29 is 0 Å². The van der Waals surface area contributed by atoms with E-state index < -0.39 is 0 Å². The van der Waals surface area contributed by atoms with E-state index in [4.69, 9.17) is 0 Å². The average Bonchev–Trinajstić information content (AvgIpc) is 2.32. The predicted octanol–water partition coefficient (Wildman–Crippen LogP) is 3.37. The third kappa shape index (κ3) is 5.17. The molecule has 0 aliphatic rings. The van der Waals surface area contributed by atoms with Crippen molar-refractivity contribution in [3.8, 4) is 0 Å². The number of hydrogen-bond acceptors (Lipinski definition) is 2. The molecule has 0 atom stereocenters. The zero-order valence-corrected chi connectivity index (χ0v) is 11.6. The molecule has 0 spiro atoms. The SMILES string of the molecule is CC.CCN(C)CN(C)c1ccc(C)cc1. The van der Waals surface area contributed by atoms with Gasteiger partial charge in [0.05, 0.1) is 6.67 Å². The van der Waals surface area contributed by atoms with Crippen LogP contribution in [-0.2, 0) is 0 Å². The maximum atomic E-state index is 2.28. The van der Waals surface area contributed by atoms with E-state index in [0.717, 1.165) is 13.2 Å². The molecule has 2 nitrogen and oxygen atoms in total. The molecule has 0 saturated heterocycles. The maximum Gasteiger partial charge on any atom is 0.0701 e. The third-order valence-corrected chi connectivity index (χ3v) is 2.47. The van der Waals surface area contributed by atoms with E-state index in [1.54, 1.807) is 0 Å². The van der Waals surface area contributed by atoms with Crippen LogP contribution in [0.2, 0.25) is 0 Å². The van der Waals surface area contributed by atoms with Crippen molar-refractivity contribution >= 4 is 5.69 Å². The highest BCUT2D eigenvalue weighted by Gasteiger charge is 2.01. The fourth-order valence-corrected chi connectivity index (χ4v) is 1.34. The van der Waals surface area contributed by atoms with Crippen molar-refractivity contribution in [1.29, 1.82) is 0 Å². The van der Waals surface area contributed by atoms with Crippen LogP contribution >= 0.6 is 0 Å². The minimum Gasteiger partial charge on any atom is -0.362 e. The van der Waals surface area contributed by atoms with Gasteiger partial charge in [0.2, 0.25) is 0 Å². The van der Waals surface area contributed by atoms with E-state index in [1.807, 2.05) is 13.8 Å². The van der Waals surface area contributed by atoms with Gasteiger partial charge in [-0.15, -0.1) is 0 Å². The van der Waals surface area contributed by atoms with E-state index in [0.29, 0.717) is 0 Å². The first-order chi connectivity index (χ1) is 7.63. The van der Waals surface area contributed by atoms with E-state index in [1.165, 1.54) is 11.3 Å². The van der Waals surface area contributed by atoms with E-state index in [9.17, 15) is 0 Å². The van der Waals surface area contributed by atoms with Gasteiger partial charge < -0.3 is 4.90 Å². The molecule has 0 bridgehead atoms. The lowest BCUT2D eigenvalue weighted by atomic mass is 10.2. The summed E-state index contributed by atoms with van der Waals surface area (Å²) in [4.78, 5) is 4.53. The Morgan fingerprint density at radius 3 is 1.94 bits per heavy atom. The summed E-state index contributed by atoms with van der Waals surface area (Å²) in [5.41, 5.74) is 2.59. The Morgan fingerprint density at radius 1 is 1.00 bits per heavy atom. The van der Waals surface area contributed by atoms with Crippen LogP contribution in [0.3, 0.4) is 0 Å². The predicted molar refractivity (Wildman–Crippen MR) is 74.1 cm³/mol. The lowest BCUT2D eigenvalue weighted by Gasteiger charge is -2.25. The molecule has 0 amide bonds. The molecule has 0 aliphatic heterocycles. The monoisotopic (exact) mass is 222 g/mol. The smallest absolute Gasteiger partial charge is 0.0701 e. The molecule has 0 radical (unpaired) electrons. The first-order valence-electron chi connectivity index (χ1n) is 6.10. The van der Waals surface area contributed by atoms with Gasteiger partial charge in [-0.3, -0.25) is 4.90 Å². The zero-order valence-electron chi connectivity index (χ0n) is 11.6. The number of aryl methyl sites for hydroxylation is 1. The molecular weight excluding hydrogens is 196 g/mol. The quantitative estimate of drug-likeness (QED) is 0.721. The first-order valence-corrected chi connectivity index (χ1v) is 6.10. The van der Waals surface area contributed by atoms with Crippen molar-refractivity contribution in [1.82, 2.24) is 4.90 Å². The van der Waals surface area contributed by atoms with Gasteiger partial charge in [-0.2, -0.15) is 0 Å². The van der Waals surface area contributed by atoms with Crippen LogP contribution in [0.4, 0.5) is 5.69 Å². The number of nitrogens with zero attached hydrogens (tertiary/aromatic N) is 2. The van der Waals surface area contributed by atoms with Crippen molar-refractivity contribution in [3.63, 3.8) is 0 Å². The van der Waals surface area contributed by atoms with Gasteiger partial charge in [-0.05, 0) is 32.6 Å². The Hall–Kier alpha value is -1.02. The highest BCUT2D eigenvalue weighted by atomic mass is 15.3. The molecule has 16 heavy (non-hydrogen) atoms. The summed E-state index contributed by atoms with van der Waals surface area (Å²) in [6.45, 7) is 10.3. The first kappa shape index (κ1) is 15.0. The van der Waals surface area contributed by atoms with Crippen molar-refractivity contribution in [2.45, 2.75) is 27.7 Å². The number of benzene rings is 1. The Labute approximate surface area is 101 Å². The molecule has 1 aromatic rings. The standard InChI is InChI=1S/C12H20N2.C2H6/c1-5-13(3)10-14(4)12-8-6-11(2)7-9-12;1-2/h6-9H,5,10H2,1-4H3;1-2H3. The highest BCUT2D eigenvalue weighted by Crippen LogP contribution is 2.13. The molecular formula is C14H26N2. The van der Waals surface area contributed by atoms with Crippen LogP contribution in [-0.4, -0.2) is 32.2 Å². The molecule has 1 rings (SSSR count). The van der Waals surface area contributed by atoms with Crippen LogP contribution in [0.5, 0.6) is 0 Å². The second-order valence-corrected chi connectivity index (χ2v) is 3.85. The van der Waals surface area contributed by atoms with Crippen LogP contribution < -0.4 is 4.90 Å². The minimum absolute atomic E-state index is 0.972. The van der Waals surface area contributed by atoms with E-state index in [2.05, 4.69) is 62.0 Å². The van der Waals surface area contributed by atoms with Gasteiger partial charge in [-0.25, -0.2) is 0 Å². The van der Waals surface area contributed by atoms with Crippen molar-refractivity contribution in [2.24, 2.45) is 0 Å². The van der Waals surface area contributed by atoms with Crippen LogP contribution in [0, 0.1) is 6.92 Å². The van der Waals surface area contributed by atoms with E-state index in [-0.39, 0.29) is 0 Å². The molecule has 0 saturated carbocycles. The van der Waals surface area contributed by atoms with Crippen LogP contribution in [0.1, 0.15) is 26.3 Å². The summed E-state index contributed by atoms with van der Waals surface area (Å²) in [7, 11) is 4.25. The van der Waals surface area contributed by atoms with E-state index >= 15 is 0 Å².